The number of nitrogens with one attached hydrogen (secondary N) is 1. The van der Waals surface area contributed by atoms with Crippen LogP contribution in [0, 0.1) is 0 Å². The lowest BCUT2D eigenvalue weighted by molar-refractivity contribution is -0.143. The molecule has 0 bridgehead atoms. The highest BCUT2D eigenvalue weighted by atomic mass is 16.5. The van der Waals surface area contributed by atoms with E-state index in [4.69, 9.17) is 9.47 Å². The van der Waals surface area contributed by atoms with Crippen LogP contribution in [0.2, 0.25) is 0 Å². The molecule has 0 saturated carbocycles. The fourth-order valence-corrected chi connectivity index (χ4v) is 3.65. The SMILES string of the molecule is COc1ccccc1C1C(C(=O)OC(C)C)=C(C)Nc2c1c(=O)n(C)c(=O)n2C. The molecular weight excluding hydrogens is 374 g/mol. The summed E-state index contributed by atoms with van der Waals surface area (Å²) >= 11 is 0. The first-order valence-electron chi connectivity index (χ1n) is 9.30. The fourth-order valence-electron chi connectivity index (χ4n) is 3.65. The maximum atomic E-state index is 13.2. The van der Waals surface area contributed by atoms with E-state index in [-0.39, 0.29) is 6.10 Å². The smallest absolute Gasteiger partial charge is 0.337 e. The number of benzene rings is 1. The Morgan fingerprint density at radius 2 is 1.79 bits per heavy atom. The summed E-state index contributed by atoms with van der Waals surface area (Å²) in [6, 6.07) is 7.20. The normalized spacial score (nSPS) is 15.8. The Balaban J connectivity index is 2.40. The Bertz CT molecular complexity index is 1120. The molecular formula is C21H25N3O5. The van der Waals surface area contributed by atoms with Gasteiger partial charge in [-0.15, -0.1) is 0 Å². The minimum Gasteiger partial charge on any atom is -0.496 e. The van der Waals surface area contributed by atoms with Gasteiger partial charge in [0, 0.05) is 25.4 Å². The topological polar surface area (TPSA) is 91.6 Å². The minimum atomic E-state index is -0.751. The van der Waals surface area contributed by atoms with Crippen LogP contribution in [0.1, 0.15) is 37.8 Å². The van der Waals surface area contributed by atoms with Crippen molar-refractivity contribution in [3.63, 3.8) is 0 Å². The average Bonchev–Trinajstić information content (AvgIpc) is 2.69. The summed E-state index contributed by atoms with van der Waals surface area (Å²) in [7, 11) is 4.53. The second-order valence-electron chi connectivity index (χ2n) is 7.26. The Hall–Kier alpha value is -3.29. The number of allylic oxidation sites excluding steroid dienone is 1. The molecule has 0 saturated heterocycles. The van der Waals surface area contributed by atoms with Crippen molar-refractivity contribution in [3.05, 3.63) is 67.5 Å². The zero-order chi connectivity index (χ0) is 21.5. The second-order valence-corrected chi connectivity index (χ2v) is 7.26. The van der Waals surface area contributed by atoms with E-state index in [2.05, 4.69) is 5.32 Å². The monoisotopic (exact) mass is 399 g/mol. The zero-order valence-electron chi connectivity index (χ0n) is 17.4. The molecule has 1 atom stereocenters. The molecule has 0 radical (unpaired) electrons. The molecule has 1 N–H and O–H groups in total. The van der Waals surface area contributed by atoms with E-state index >= 15 is 0 Å². The van der Waals surface area contributed by atoms with E-state index in [1.165, 1.54) is 18.7 Å². The number of fused-ring (bicyclic) bond motifs is 1. The van der Waals surface area contributed by atoms with Crippen LogP contribution < -0.4 is 21.3 Å². The highest BCUT2D eigenvalue weighted by molar-refractivity contribution is 5.94. The molecule has 29 heavy (non-hydrogen) atoms. The summed E-state index contributed by atoms with van der Waals surface area (Å²) < 4.78 is 13.4. The third-order valence-corrected chi connectivity index (χ3v) is 5.00. The lowest BCUT2D eigenvalue weighted by atomic mass is 9.81. The largest absolute Gasteiger partial charge is 0.496 e. The number of nitrogens with zero attached hydrogens (tertiary/aromatic N) is 2. The Morgan fingerprint density at radius 1 is 1.14 bits per heavy atom. The maximum Gasteiger partial charge on any atom is 0.337 e. The average molecular weight is 399 g/mol. The molecule has 1 aliphatic rings. The molecule has 0 amide bonds. The van der Waals surface area contributed by atoms with Gasteiger partial charge in [-0.25, -0.2) is 9.59 Å². The van der Waals surface area contributed by atoms with Crippen molar-refractivity contribution in [2.45, 2.75) is 32.8 Å². The van der Waals surface area contributed by atoms with Gasteiger partial charge in [-0.05, 0) is 26.8 Å². The van der Waals surface area contributed by atoms with Gasteiger partial charge in [0.25, 0.3) is 5.56 Å². The number of hydrogen-bond donors (Lipinski definition) is 1. The van der Waals surface area contributed by atoms with E-state index in [9.17, 15) is 14.4 Å². The zero-order valence-corrected chi connectivity index (χ0v) is 17.4. The molecule has 1 aromatic heterocycles. The lowest BCUT2D eigenvalue weighted by Crippen LogP contribution is -2.43. The second kappa shape index (κ2) is 7.62. The molecule has 1 aliphatic heterocycles. The number of para-hydroxylation sites is 1. The van der Waals surface area contributed by atoms with Gasteiger partial charge in [0.05, 0.1) is 30.3 Å². The molecule has 8 nitrogen and oxygen atoms in total. The van der Waals surface area contributed by atoms with Crippen LogP contribution in [0.25, 0.3) is 0 Å². The quantitative estimate of drug-likeness (QED) is 0.790. The number of carbonyl (C=O) groups excluding carboxylic acids is 1. The van der Waals surface area contributed by atoms with Crippen LogP contribution in [0.5, 0.6) is 5.75 Å². The predicted molar refractivity (Wildman–Crippen MR) is 109 cm³/mol. The summed E-state index contributed by atoms with van der Waals surface area (Å²) in [4.78, 5) is 38.6. The highest BCUT2D eigenvalue weighted by Gasteiger charge is 2.38. The molecule has 1 aromatic carbocycles. The van der Waals surface area contributed by atoms with Gasteiger partial charge in [-0.2, -0.15) is 0 Å². The van der Waals surface area contributed by atoms with Crippen molar-refractivity contribution in [2.24, 2.45) is 14.1 Å². The number of anilines is 1. The maximum absolute atomic E-state index is 13.2. The van der Waals surface area contributed by atoms with Gasteiger partial charge in [0.1, 0.15) is 11.6 Å². The number of carbonyl (C=O) groups is 1. The highest BCUT2D eigenvalue weighted by Crippen LogP contribution is 2.43. The Labute approximate surface area is 168 Å². The molecule has 0 aliphatic carbocycles. The number of rotatable bonds is 4. The van der Waals surface area contributed by atoms with Crippen LogP contribution in [0.3, 0.4) is 0 Å². The first kappa shape index (κ1) is 20.4. The predicted octanol–water partition coefficient (Wildman–Crippen LogP) is 1.88. The molecule has 0 fully saturated rings. The van der Waals surface area contributed by atoms with Gasteiger partial charge in [-0.3, -0.25) is 13.9 Å². The van der Waals surface area contributed by atoms with Crippen LogP contribution in [-0.4, -0.2) is 28.3 Å². The molecule has 1 unspecified atom stereocenters. The third-order valence-electron chi connectivity index (χ3n) is 5.00. The lowest BCUT2D eigenvalue weighted by Gasteiger charge is -2.31. The molecule has 2 heterocycles. The summed E-state index contributed by atoms with van der Waals surface area (Å²) in [5.74, 6) is -0.391. The van der Waals surface area contributed by atoms with E-state index in [1.807, 2.05) is 12.1 Å². The number of esters is 1. The standard InChI is InChI=1S/C21H25N3O5/c1-11(2)29-20(26)15-12(3)22-18-17(19(25)24(5)21(27)23(18)4)16(15)13-9-7-8-10-14(13)28-6/h7-11,16,22H,1-6H3. The summed E-state index contributed by atoms with van der Waals surface area (Å²) in [5.41, 5.74) is 0.826. The molecule has 0 spiro atoms. The van der Waals surface area contributed by atoms with Gasteiger partial charge < -0.3 is 14.8 Å². The van der Waals surface area contributed by atoms with Crippen LogP contribution >= 0.6 is 0 Å². The Kier molecular flexibility index (Phi) is 5.37. The van der Waals surface area contributed by atoms with E-state index in [0.29, 0.717) is 34.0 Å². The molecule has 154 valence electrons. The molecule has 3 rings (SSSR count). The van der Waals surface area contributed by atoms with Crippen LogP contribution in [-0.2, 0) is 23.6 Å². The van der Waals surface area contributed by atoms with Gasteiger partial charge in [0.15, 0.2) is 0 Å². The van der Waals surface area contributed by atoms with Gasteiger partial charge >= 0.3 is 11.7 Å². The van der Waals surface area contributed by atoms with E-state index < -0.39 is 23.1 Å². The van der Waals surface area contributed by atoms with Crippen LogP contribution in [0.4, 0.5) is 5.82 Å². The van der Waals surface area contributed by atoms with E-state index in [0.717, 1.165) is 4.57 Å². The Morgan fingerprint density at radius 3 is 2.41 bits per heavy atom. The fraction of sp³-hybridized carbons (Fsp3) is 0.381. The summed E-state index contributed by atoms with van der Waals surface area (Å²) in [5, 5.41) is 3.07. The van der Waals surface area contributed by atoms with Crippen molar-refractivity contribution >= 4 is 11.8 Å². The van der Waals surface area contributed by atoms with Crippen molar-refractivity contribution in [3.8, 4) is 5.75 Å². The van der Waals surface area contributed by atoms with E-state index in [1.54, 1.807) is 40.0 Å². The van der Waals surface area contributed by atoms with Crippen molar-refractivity contribution < 1.29 is 14.3 Å². The summed E-state index contributed by atoms with van der Waals surface area (Å²) in [6.45, 7) is 5.25. The molecule has 8 heteroatoms. The number of ether oxygens (including phenoxy) is 2. The minimum absolute atomic E-state index is 0.292. The van der Waals surface area contributed by atoms with Gasteiger partial charge in [0.2, 0.25) is 0 Å². The van der Waals surface area contributed by atoms with Crippen LogP contribution in [0.15, 0.2) is 45.1 Å². The first-order valence-corrected chi connectivity index (χ1v) is 9.30. The van der Waals surface area contributed by atoms with Crippen molar-refractivity contribution in [1.82, 2.24) is 9.13 Å². The number of hydrogen-bond acceptors (Lipinski definition) is 6. The molecule has 2 aromatic rings. The summed E-state index contributed by atoms with van der Waals surface area (Å²) in [6.07, 6.45) is -0.328. The third kappa shape index (κ3) is 3.35. The first-order chi connectivity index (χ1) is 13.7. The number of methoxy groups -OCH3 is 1. The van der Waals surface area contributed by atoms with Crippen molar-refractivity contribution in [2.75, 3.05) is 12.4 Å². The number of aromatic nitrogens is 2. The van der Waals surface area contributed by atoms with Crippen molar-refractivity contribution in [1.29, 1.82) is 0 Å². The van der Waals surface area contributed by atoms with Gasteiger partial charge in [-0.1, -0.05) is 18.2 Å².